The topological polar surface area (TPSA) is 174 Å². The number of hydrogen-bond acceptors (Lipinski definition) is 12. The van der Waals surface area contributed by atoms with E-state index in [1.165, 1.54) is 42.8 Å². The Morgan fingerprint density at radius 2 is 1.81 bits per heavy atom. The first kappa shape index (κ1) is 52.0. The van der Waals surface area contributed by atoms with Crippen LogP contribution in [0.25, 0.3) is 0 Å². The van der Waals surface area contributed by atoms with Crippen LogP contribution in [0.1, 0.15) is 113 Å². The molecule has 352 valence electrons. The number of benzene rings is 1. The fourth-order valence-corrected chi connectivity index (χ4v) is 9.29. The third-order valence-electron chi connectivity index (χ3n) is 12.5. The van der Waals surface area contributed by atoms with Gasteiger partial charge in [0.2, 0.25) is 11.8 Å². The molecule has 0 aromatic heterocycles. The van der Waals surface area contributed by atoms with E-state index < -0.39 is 65.7 Å². The van der Waals surface area contributed by atoms with Gasteiger partial charge in [0.25, 0.3) is 0 Å². The number of ketones is 1. The lowest BCUT2D eigenvalue weighted by atomic mass is 9.83. The number of nitrogens with one attached hydrogen (secondary N) is 1. The number of epoxide rings is 1. The van der Waals surface area contributed by atoms with Crippen LogP contribution in [0.5, 0.6) is 5.75 Å². The van der Waals surface area contributed by atoms with E-state index in [1.807, 2.05) is 26.8 Å². The molecule has 1 aromatic carbocycles. The summed E-state index contributed by atoms with van der Waals surface area (Å²) < 4.78 is 29.1. The Labute approximate surface area is 383 Å². The van der Waals surface area contributed by atoms with Gasteiger partial charge >= 0.3 is 12.1 Å². The maximum absolute atomic E-state index is 14.3. The number of amides is 3. The number of esters is 1. The molecule has 0 spiro atoms. The predicted octanol–water partition coefficient (Wildman–Crippen LogP) is 7.59. The van der Waals surface area contributed by atoms with E-state index in [0.717, 1.165) is 24.0 Å². The highest BCUT2D eigenvalue weighted by molar-refractivity contribution is 8.01. The van der Waals surface area contributed by atoms with Crippen LogP contribution in [0.3, 0.4) is 0 Å². The molecule has 0 saturated carbocycles. The van der Waals surface area contributed by atoms with E-state index in [2.05, 4.69) is 26.1 Å². The number of ether oxygens (including phenoxy) is 5. The standard InChI is InChI=1S/C47H70ClN3O11S/c1-28-16-14-18-36(59-13)47(57)26-35(60-43(56)49-47)29(2)41-46(9,62-41)37(25-39(54)51(11)33-23-31(22-28)24-34(58-12)40(33)48)61-42(55)30(3)50(10)38(53)19-21-45(7,8)63-27-32(52)17-15-20-44(4,5)6/h14,16,18,23-24,29-30,35-37,41,57H,15,17,19-22,25-27H2,1-13H3,(H,49,56)/b18-14+,28-16+/t29-,30+,35+,36-,37+,41+,46-,47+/m1/s1. The summed E-state index contributed by atoms with van der Waals surface area (Å²) >= 11 is 8.34. The van der Waals surface area contributed by atoms with Crippen LogP contribution in [0.2, 0.25) is 5.02 Å². The number of Topliss-reactive ketones (excluding diaryl/α,β-unsaturated/α-hetero) is 1. The summed E-state index contributed by atoms with van der Waals surface area (Å²) in [6, 6.07) is 2.55. The normalized spacial score (nSPS) is 28.7. The second-order valence-electron chi connectivity index (χ2n) is 19.4. The van der Waals surface area contributed by atoms with Crippen molar-refractivity contribution in [1.29, 1.82) is 0 Å². The van der Waals surface area contributed by atoms with Crippen LogP contribution >= 0.6 is 23.4 Å². The van der Waals surface area contributed by atoms with Crippen molar-refractivity contribution in [3.05, 3.63) is 46.5 Å². The lowest BCUT2D eigenvalue weighted by molar-refractivity contribution is -0.162. The van der Waals surface area contributed by atoms with Crippen molar-refractivity contribution in [2.24, 2.45) is 11.3 Å². The molecule has 0 unspecified atom stereocenters. The van der Waals surface area contributed by atoms with Crippen molar-refractivity contribution in [2.75, 3.05) is 39.0 Å². The molecule has 3 aliphatic heterocycles. The summed E-state index contributed by atoms with van der Waals surface area (Å²) in [5, 5.41) is 14.6. The highest BCUT2D eigenvalue weighted by Crippen LogP contribution is 2.49. The van der Waals surface area contributed by atoms with Crippen molar-refractivity contribution < 1.29 is 52.8 Å². The molecule has 2 fully saturated rings. The predicted molar refractivity (Wildman–Crippen MR) is 245 cm³/mol. The number of thioether (sulfide) groups is 1. The highest BCUT2D eigenvalue weighted by Gasteiger charge is 2.64. The van der Waals surface area contributed by atoms with Crippen molar-refractivity contribution in [1.82, 2.24) is 10.2 Å². The van der Waals surface area contributed by atoms with Gasteiger partial charge in [-0.15, -0.1) is 11.8 Å². The van der Waals surface area contributed by atoms with Gasteiger partial charge in [0.05, 0.1) is 31.1 Å². The lowest BCUT2D eigenvalue weighted by Crippen LogP contribution is -2.63. The molecule has 2 N–H and O–H groups in total. The number of likely N-dealkylation sites (N-methyl/N-ethyl adjacent to an activating group) is 1. The minimum atomic E-state index is -1.84. The molecule has 16 heteroatoms. The molecule has 1 aromatic rings. The molecule has 0 radical (unpaired) electrons. The second-order valence-corrected chi connectivity index (χ2v) is 21.5. The number of aliphatic hydroxyl groups is 1. The van der Waals surface area contributed by atoms with Gasteiger partial charge in [-0.25, -0.2) is 9.59 Å². The minimum Gasteiger partial charge on any atom is -0.495 e. The number of carbonyl (C=O) groups is 5. The van der Waals surface area contributed by atoms with Gasteiger partial charge in [-0.3, -0.25) is 19.7 Å². The Balaban J connectivity index is 1.58. The average Bonchev–Trinajstić information content (AvgIpc) is 3.90. The number of rotatable bonds is 14. The number of carbonyl (C=O) groups excluding carboxylic acids is 5. The summed E-state index contributed by atoms with van der Waals surface area (Å²) in [4.78, 5) is 70.2. The molecule has 4 bridgehead atoms. The van der Waals surface area contributed by atoms with E-state index in [9.17, 15) is 29.1 Å². The molecule has 2 saturated heterocycles. The maximum Gasteiger partial charge on any atom is 0.409 e. The number of allylic oxidation sites excluding steroid dienone is 3. The summed E-state index contributed by atoms with van der Waals surface area (Å²) in [5.74, 6) is -1.10. The zero-order valence-electron chi connectivity index (χ0n) is 39.4. The van der Waals surface area contributed by atoms with Crippen LogP contribution in [-0.2, 0) is 44.5 Å². The summed E-state index contributed by atoms with van der Waals surface area (Å²) in [7, 11) is 6.03. The largest absolute Gasteiger partial charge is 0.495 e. The van der Waals surface area contributed by atoms with Gasteiger partial charge in [-0.2, -0.15) is 0 Å². The fourth-order valence-electron chi connectivity index (χ4n) is 8.04. The van der Waals surface area contributed by atoms with E-state index in [0.29, 0.717) is 36.5 Å². The molecule has 3 aliphatic rings. The van der Waals surface area contributed by atoms with Crippen molar-refractivity contribution in [3.8, 4) is 5.75 Å². The Kier molecular flexibility index (Phi) is 17.4. The highest BCUT2D eigenvalue weighted by atomic mass is 35.5. The average molecular weight is 921 g/mol. The van der Waals surface area contributed by atoms with E-state index >= 15 is 0 Å². The second kappa shape index (κ2) is 21.1. The third-order valence-corrected chi connectivity index (χ3v) is 14.3. The zero-order chi connectivity index (χ0) is 47.2. The van der Waals surface area contributed by atoms with Gasteiger partial charge < -0.3 is 38.6 Å². The van der Waals surface area contributed by atoms with E-state index in [1.54, 1.807) is 52.1 Å². The number of hydrogen-bond donors (Lipinski definition) is 2. The van der Waals surface area contributed by atoms with Gasteiger partial charge in [0.1, 0.15) is 46.5 Å². The van der Waals surface area contributed by atoms with Crippen LogP contribution in [0.15, 0.2) is 35.9 Å². The summed E-state index contributed by atoms with van der Waals surface area (Å²) in [6.07, 6.45) is 3.75. The third kappa shape index (κ3) is 13.7. The Bertz CT molecular complexity index is 1920. The minimum absolute atomic E-state index is 0.0648. The number of nitrogens with zero attached hydrogens (tertiary/aromatic N) is 2. The van der Waals surface area contributed by atoms with Crippen molar-refractivity contribution in [3.63, 3.8) is 0 Å². The maximum atomic E-state index is 14.3. The molecule has 63 heavy (non-hydrogen) atoms. The smallest absolute Gasteiger partial charge is 0.409 e. The Morgan fingerprint density at radius 3 is 2.44 bits per heavy atom. The first-order chi connectivity index (χ1) is 29.2. The van der Waals surface area contributed by atoms with E-state index in [4.69, 9.17) is 35.3 Å². The molecule has 14 nitrogen and oxygen atoms in total. The van der Waals surface area contributed by atoms with Crippen molar-refractivity contribution >= 4 is 58.7 Å². The number of alkyl carbamates (subject to hydrolysis) is 1. The SMILES string of the molecule is COc1cc2cc(c1Cl)N(C)C(=O)C[C@H](OC(=O)[C@H](C)N(C)C(=O)CCC(C)(C)SCC(=O)CCCC(C)(C)C)[C@@]1(C)O[C@H]1[C@H](C)[C@@H]1C[C@@](O)(NC(=O)O1)[C@H](OC)/C=C/C=C(\C)C2. The van der Waals surface area contributed by atoms with Crippen molar-refractivity contribution in [2.45, 2.75) is 160 Å². The monoisotopic (exact) mass is 919 g/mol. The number of fused-ring (bicyclic) bond motifs is 5. The summed E-state index contributed by atoms with van der Waals surface area (Å²) in [6.45, 7) is 17.5. The Morgan fingerprint density at radius 1 is 1.13 bits per heavy atom. The summed E-state index contributed by atoms with van der Waals surface area (Å²) in [5.41, 5.74) is -0.819. The lowest BCUT2D eigenvalue weighted by Gasteiger charge is -2.42. The first-order valence-corrected chi connectivity index (χ1v) is 23.1. The van der Waals surface area contributed by atoms with Crippen LogP contribution in [0.4, 0.5) is 10.5 Å². The molecule has 8 atom stereocenters. The molecular weight excluding hydrogens is 850 g/mol. The number of anilines is 1. The zero-order valence-corrected chi connectivity index (χ0v) is 41.0. The molecule has 3 amide bonds. The number of halogens is 1. The van der Waals surface area contributed by atoms with E-state index in [-0.39, 0.29) is 46.1 Å². The van der Waals surface area contributed by atoms with Gasteiger partial charge in [-0.05, 0) is 69.6 Å². The quantitative estimate of drug-likeness (QED) is 0.139. The number of methoxy groups -OCH3 is 2. The Hall–Kier alpha value is -3.63. The van der Waals surface area contributed by atoms with Gasteiger partial charge in [-0.1, -0.05) is 76.9 Å². The van der Waals surface area contributed by atoms with Crippen LogP contribution in [0, 0.1) is 11.3 Å². The molecule has 4 rings (SSSR count). The van der Waals surface area contributed by atoms with Crippen LogP contribution < -0.4 is 15.0 Å². The first-order valence-electron chi connectivity index (χ1n) is 21.7. The van der Waals surface area contributed by atoms with Gasteiger partial charge in [0.15, 0.2) is 5.72 Å². The molecule has 0 aliphatic carbocycles. The molecule has 3 heterocycles. The van der Waals surface area contributed by atoms with Gasteiger partial charge in [0, 0.05) is 51.1 Å². The van der Waals surface area contributed by atoms with Crippen LogP contribution in [-0.4, -0.2) is 120 Å². The fraction of sp³-hybridized carbons (Fsp3) is 0.681. The molecular formula is C47H70ClN3O11S.